The Morgan fingerprint density at radius 1 is 1.09 bits per heavy atom. The predicted octanol–water partition coefficient (Wildman–Crippen LogP) is 4.46. The Hall–Kier alpha value is -1.84. The highest BCUT2D eigenvalue weighted by molar-refractivity contribution is 6.30. The van der Waals surface area contributed by atoms with Gasteiger partial charge < -0.3 is 10.4 Å². The van der Waals surface area contributed by atoms with Crippen molar-refractivity contribution in [3.8, 4) is 0 Å². The molecule has 0 radical (unpaired) electrons. The molecule has 0 aliphatic heterocycles. The second-order valence-corrected chi connectivity index (χ2v) is 6.58. The van der Waals surface area contributed by atoms with E-state index >= 15 is 0 Å². The van der Waals surface area contributed by atoms with Crippen LogP contribution in [0.15, 0.2) is 48.5 Å². The summed E-state index contributed by atoms with van der Waals surface area (Å²) in [7, 11) is 0. The highest BCUT2D eigenvalue weighted by Crippen LogP contribution is 2.35. The Morgan fingerprint density at radius 3 is 2.43 bits per heavy atom. The lowest BCUT2D eigenvalue weighted by Crippen LogP contribution is -2.25. The number of benzene rings is 2. The minimum Gasteiger partial charge on any atom is -0.478 e. The van der Waals surface area contributed by atoms with Crippen LogP contribution in [-0.2, 0) is 6.54 Å². The number of nitrogens with one attached hydrogen (secondary N) is 1. The molecule has 0 bridgehead atoms. The number of hydrogen-bond acceptors (Lipinski definition) is 2. The zero-order valence-electron chi connectivity index (χ0n) is 12.8. The summed E-state index contributed by atoms with van der Waals surface area (Å²) in [6, 6.07) is 15.7. The lowest BCUT2D eigenvalue weighted by atomic mass is 9.97. The molecule has 0 heterocycles. The van der Waals surface area contributed by atoms with Crippen LogP contribution in [-0.4, -0.2) is 17.1 Å². The van der Waals surface area contributed by atoms with E-state index in [2.05, 4.69) is 17.4 Å². The van der Waals surface area contributed by atoms with Crippen molar-refractivity contribution in [3.63, 3.8) is 0 Å². The van der Waals surface area contributed by atoms with E-state index in [0.717, 1.165) is 23.6 Å². The van der Waals surface area contributed by atoms with Crippen molar-refractivity contribution >= 4 is 17.6 Å². The SMILES string of the molecule is O=C(O)c1ccc(CNC2CCC(c3ccc(Cl)cc3)C2)cc1. The van der Waals surface area contributed by atoms with Crippen LogP contribution in [0.2, 0.25) is 5.02 Å². The van der Waals surface area contributed by atoms with Gasteiger partial charge in [0.25, 0.3) is 0 Å². The first-order chi connectivity index (χ1) is 11.1. The number of rotatable bonds is 5. The molecular formula is C19H20ClNO2. The molecule has 1 aliphatic carbocycles. The van der Waals surface area contributed by atoms with Crippen LogP contribution in [0.3, 0.4) is 0 Å². The van der Waals surface area contributed by atoms with Gasteiger partial charge in [-0.1, -0.05) is 35.9 Å². The number of carbonyl (C=O) groups is 1. The first-order valence-electron chi connectivity index (χ1n) is 7.93. The molecule has 1 aliphatic rings. The first-order valence-corrected chi connectivity index (χ1v) is 8.30. The van der Waals surface area contributed by atoms with Gasteiger partial charge >= 0.3 is 5.97 Å². The summed E-state index contributed by atoms with van der Waals surface area (Å²) >= 11 is 5.95. The second-order valence-electron chi connectivity index (χ2n) is 6.14. The molecule has 0 spiro atoms. The van der Waals surface area contributed by atoms with Crippen LogP contribution in [0.4, 0.5) is 0 Å². The fourth-order valence-corrected chi connectivity index (χ4v) is 3.36. The number of hydrogen-bond donors (Lipinski definition) is 2. The predicted molar refractivity (Wildman–Crippen MR) is 92.1 cm³/mol. The van der Waals surface area contributed by atoms with Crippen LogP contribution in [0.5, 0.6) is 0 Å². The van der Waals surface area contributed by atoms with E-state index in [-0.39, 0.29) is 0 Å². The zero-order valence-corrected chi connectivity index (χ0v) is 13.6. The lowest BCUT2D eigenvalue weighted by Gasteiger charge is -2.14. The van der Waals surface area contributed by atoms with E-state index in [4.69, 9.17) is 16.7 Å². The summed E-state index contributed by atoms with van der Waals surface area (Å²) in [6.45, 7) is 0.776. The van der Waals surface area contributed by atoms with Crippen molar-refractivity contribution in [1.29, 1.82) is 0 Å². The van der Waals surface area contributed by atoms with Crippen molar-refractivity contribution in [1.82, 2.24) is 5.32 Å². The van der Waals surface area contributed by atoms with Gasteiger partial charge in [0.15, 0.2) is 0 Å². The van der Waals surface area contributed by atoms with E-state index in [9.17, 15) is 4.79 Å². The molecule has 3 nitrogen and oxygen atoms in total. The van der Waals surface area contributed by atoms with Crippen LogP contribution in [0.25, 0.3) is 0 Å². The fraction of sp³-hybridized carbons (Fsp3) is 0.316. The third kappa shape index (κ3) is 4.12. The smallest absolute Gasteiger partial charge is 0.335 e. The molecule has 2 unspecified atom stereocenters. The van der Waals surface area contributed by atoms with Gasteiger partial charge in [-0.05, 0) is 60.6 Å². The van der Waals surface area contributed by atoms with E-state index in [1.54, 1.807) is 12.1 Å². The molecule has 0 amide bonds. The van der Waals surface area contributed by atoms with E-state index < -0.39 is 5.97 Å². The maximum absolute atomic E-state index is 10.8. The highest BCUT2D eigenvalue weighted by Gasteiger charge is 2.25. The summed E-state index contributed by atoms with van der Waals surface area (Å²) in [5.41, 5.74) is 2.81. The molecule has 3 rings (SSSR count). The Kier molecular flexibility index (Phi) is 4.99. The Morgan fingerprint density at radius 2 is 1.78 bits per heavy atom. The Labute approximate surface area is 141 Å². The maximum atomic E-state index is 10.8. The van der Waals surface area contributed by atoms with E-state index in [1.807, 2.05) is 24.3 Å². The molecule has 2 atom stereocenters. The lowest BCUT2D eigenvalue weighted by molar-refractivity contribution is 0.0697. The van der Waals surface area contributed by atoms with Gasteiger partial charge in [-0.3, -0.25) is 0 Å². The maximum Gasteiger partial charge on any atom is 0.335 e. The zero-order chi connectivity index (χ0) is 16.2. The normalized spacial score (nSPS) is 20.6. The van der Waals surface area contributed by atoms with Gasteiger partial charge in [0.05, 0.1) is 5.56 Å². The van der Waals surface area contributed by atoms with Crippen LogP contribution < -0.4 is 5.32 Å². The monoisotopic (exact) mass is 329 g/mol. The minimum absolute atomic E-state index is 0.331. The van der Waals surface area contributed by atoms with Crippen molar-refractivity contribution in [2.75, 3.05) is 0 Å². The van der Waals surface area contributed by atoms with E-state index in [0.29, 0.717) is 17.5 Å². The summed E-state index contributed by atoms with van der Waals surface area (Å²) in [5, 5.41) is 13.3. The van der Waals surface area contributed by atoms with Gasteiger partial charge in [0.1, 0.15) is 0 Å². The molecule has 1 saturated carbocycles. The molecular weight excluding hydrogens is 310 g/mol. The number of carboxylic acids is 1. The summed E-state index contributed by atoms with van der Waals surface area (Å²) < 4.78 is 0. The molecule has 2 N–H and O–H groups in total. The second kappa shape index (κ2) is 7.16. The van der Waals surface area contributed by atoms with Crippen molar-refractivity contribution in [2.45, 2.75) is 37.8 Å². The van der Waals surface area contributed by atoms with Crippen LogP contribution in [0.1, 0.15) is 46.7 Å². The fourth-order valence-electron chi connectivity index (χ4n) is 3.23. The standard InChI is InChI=1S/C19H20ClNO2/c20-17-8-5-14(6-9-17)16-7-10-18(11-16)21-12-13-1-3-15(4-2-13)19(22)23/h1-6,8-9,16,18,21H,7,10-12H2,(H,22,23). The van der Waals surface area contributed by atoms with Gasteiger partial charge in [-0.2, -0.15) is 0 Å². The number of halogens is 1. The first kappa shape index (κ1) is 16.0. The van der Waals surface area contributed by atoms with Gasteiger partial charge in [-0.25, -0.2) is 4.79 Å². The molecule has 0 saturated heterocycles. The summed E-state index contributed by atoms with van der Waals surface area (Å²) in [5.74, 6) is -0.287. The molecule has 0 aromatic heterocycles. The van der Waals surface area contributed by atoms with E-state index in [1.165, 1.54) is 18.4 Å². The highest BCUT2D eigenvalue weighted by atomic mass is 35.5. The third-order valence-electron chi connectivity index (χ3n) is 4.57. The van der Waals surface area contributed by atoms with Gasteiger partial charge in [-0.15, -0.1) is 0 Å². The average molecular weight is 330 g/mol. The Bertz CT molecular complexity index is 667. The van der Waals surface area contributed by atoms with Gasteiger partial charge in [0, 0.05) is 17.6 Å². The van der Waals surface area contributed by atoms with Crippen molar-refractivity contribution in [2.24, 2.45) is 0 Å². The number of carboxylic acid groups (broad SMARTS) is 1. The quantitative estimate of drug-likeness (QED) is 0.851. The van der Waals surface area contributed by atoms with Gasteiger partial charge in [0.2, 0.25) is 0 Å². The van der Waals surface area contributed by atoms with Crippen LogP contribution in [0, 0.1) is 0 Å². The van der Waals surface area contributed by atoms with Crippen LogP contribution >= 0.6 is 11.6 Å². The topological polar surface area (TPSA) is 49.3 Å². The molecule has 23 heavy (non-hydrogen) atoms. The molecule has 2 aromatic carbocycles. The summed E-state index contributed by atoms with van der Waals surface area (Å²) in [6.07, 6.45) is 3.49. The summed E-state index contributed by atoms with van der Waals surface area (Å²) in [4.78, 5) is 10.8. The third-order valence-corrected chi connectivity index (χ3v) is 4.82. The van der Waals surface area contributed by atoms with Crippen molar-refractivity contribution < 1.29 is 9.90 Å². The Balaban J connectivity index is 1.52. The molecule has 1 fully saturated rings. The minimum atomic E-state index is -0.883. The molecule has 4 heteroatoms. The molecule has 120 valence electrons. The average Bonchev–Trinajstić information content (AvgIpc) is 3.03. The molecule has 2 aromatic rings. The largest absolute Gasteiger partial charge is 0.478 e. The van der Waals surface area contributed by atoms with Crippen molar-refractivity contribution in [3.05, 3.63) is 70.2 Å². The number of aromatic carboxylic acids is 1.